The lowest BCUT2D eigenvalue weighted by atomic mass is 9.98. The summed E-state index contributed by atoms with van der Waals surface area (Å²) in [4.78, 5) is 51.3. The molecule has 0 aromatic rings. The van der Waals surface area contributed by atoms with Gasteiger partial charge in [0.25, 0.3) is 0 Å². The predicted molar refractivity (Wildman–Crippen MR) is 348 cm³/mol. The molecule has 0 spiro atoms. The number of esters is 3. The van der Waals surface area contributed by atoms with Crippen molar-refractivity contribution >= 4 is 23.9 Å². The van der Waals surface area contributed by atoms with Gasteiger partial charge in [-0.05, 0) is 141 Å². The van der Waals surface area contributed by atoms with Gasteiger partial charge in [-0.2, -0.15) is 0 Å². The number of allylic oxidation sites excluding steroid dienone is 32. The van der Waals surface area contributed by atoms with E-state index in [1.807, 2.05) is 24.3 Å². The van der Waals surface area contributed by atoms with Gasteiger partial charge in [0.1, 0.15) is 18.8 Å². The first-order chi connectivity index (χ1) is 41.6. The summed E-state index contributed by atoms with van der Waals surface area (Å²) in [6.45, 7) is 5.52. The molecule has 12 heteroatoms. The van der Waals surface area contributed by atoms with E-state index >= 15 is 0 Å². The van der Waals surface area contributed by atoms with Gasteiger partial charge in [0.05, 0.1) is 6.61 Å². The maximum atomic E-state index is 13.2. The average Bonchev–Trinajstić information content (AvgIpc) is 3.46. The molecule has 0 aromatic carbocycles. The fourth-order valence-electron chi connectivity index (χ4n) is 7.98. The summed E-state index contributed by atoms with van der Waals surface area (Å²) >= 11 is 0. The zero-order chi connectivity index (χ0) is 61.7. The highest BCUT2D eigenvalue weighted by Crippen LogP contribution is 2.26. The molecule has 1 aliphatic rings. The smallest absolute Gasteiger partial charge is 0.335 e. The van der Waals surface area contributed by atoms with E-state index in [9.17, 15) is 34.5 Å². The van der Waals surface area contributed by atoms with Crippen molar-refractivity contribution in [2.45, 2.75) is 225 Å². The van der Waals surface area contributed by atoms with Crippen LogP contribution in [-0.2, 0) is 42.9 Å². The maximum Gasteiger partial charge on any atom is 0.335 e. The summed E-state index contributed by atoms with van der Waals surface area (Å²) in [5.41, 5.74) is 0. The second-order valence-electron chi connectivity index (χ2n) is 20.2. The fraction of sp³-hybridized carbons (Fsp3) is 0.507. The molecule has 0 bridgehead atoms. The number of carboxylic acids is 1. The first-order valence-corrected chi connectivity index (χ1v) is 31.4. The van der Waals surface area contributed by atoms with Crippen LogP contribution in [0.3, 0.4) is 0 Å². The molecule has 0 radical (unpaired) electrons. The Labute approximate surface area is 512 Å². The molecule has 12 nitrogen and oxygen atoms in total. The lowest BCUT2D eigenvalue weighted by Gasteiger charge is -2.40. The third-order valence-electron chi connectivity index (χ3n) is 12.7. The van der Waals surface area contributed by atoms with E-state index in [2.05, 4.69) is 191 Å². The third-order valence-corrected chi connectivity index (χ3v) is 12.7. The first kappa shape index (κ1) is 76.6. The fourth-order valence-corrected chi connectivity index (χ4v) is 7.98. The standard InChI is InChI=1S/C73H106O12/c1-4-7-10-13-16-19-22-25-28-31-33-36-38-41-44-47-50-53-56-59-65(74)81-62-64(83-66(75)60-57-54-51-48-45-42-40-37-34-32-29-26-23-20-17-14-11-8-5-2)63-82-73-71(69(78)68(77)70(85-73)72(79)80)84-67(76)61-58-55-52-49-46-43-39-35-30-27-24-21-18-15-12-9-6-3/h7-12,16-21,25-30,33-34,36-37,39,41-45,49-50,52-53,64,68-71,73,77-78H,4-6,13-15,22-24,31-32,35,38,40,46-48,51,54-63H2,1-3H3,(H,79,80)/b10-7-,11-8-,12-9-,19-16-,20-17-,21-18-,28-25-,29-26-,30-27-,36-33-,37-34-,43-39-,44-41-,45-42-,52-49-,53-50-. The van der Waals surface area contributed by atoms with Crippen LogP contribution < -0.4 is 0 Å². The van der Waals surface area contributed by atoms with E-state index in [1.54, 1.807) is 0 Å². The molecular weight excluding hydrogens is 1070 g/mol. The number of unbranched alkanes of at least 4 members (excludes halogenated alkanes) is 4. The van der Waals surface area contributed by atoms with E-state index in [-0.39, 0.29) is 25.9 Å². The number of carbonyl (C=O) groups excluding carboxylic acids is 3. The number of hydrogen-bond donors (Lipinski definition) is 3. The molecule has 6 atom stereocenters. The van der Waals surface area contributed by atoms with E-state index in [4.69, 9.17) is 23.7 Å². The van der Waals surface area contributed by atoms with Crippen molar-refractivity contribution in [1.29, 1.82) is 0 Å². The van der Waals surface area contributed by atoms with Gasteiger partial charge in [0.15, 0.2) is 24.6 Å². The molecule has 1 fully saturated rings. The number of aliphatic carboxylic acids is 1. The van der Waals surface area contributed by atoms with Crippen molar-refractivity contribution in [3.8, 4) is 0 Å². The van der Waals surface area contributed by atoms with Gasteiger partial charge < -0.3 is 39.0 Å². The van der Waals surface area contributed by atoms with E-state index in [0.717, 1.165) is 116 Å². The Morgan fingerprint density at radius 3 is 1.13 bits per heavy atom. The molecule has 3 N–H and O–H groups in total. The van der Waals surface area contributed by atoms with Gasteiger partial charge >= 0.3 is 23.9 Å². The molecular formula is C73H106O12. The lowest BCUT2D eigenvalue weighted by molar-refractivity contribution is -0.301. The number of ether oxygens (including phenoxy) is 5. The number of hydrogen-bond acceptors (Lipinski definition) is 11. The molecule has 0 aromatic heterocycles. The van der Waals surface area contributed by atoms with Gasteiger partial charge in [0.2, 0.25) is 0 Å². The Balaban J connectivity index is 2.80. The van der Waals surface area contributed by atoms with Crippen LogP contribution >= 0.6 is 0 Å². The van der Waals surface area contributed by atoms with E-state index in [1.165, 1.54) is 0 Å². The Bertz CT molecular complexity index is 2230. The Hall–Kier alpha value is -6.44. The SMILES string of the molecule is CC/C=C\C/C=C\C/C=C\C/C=C\C/C=C\C/C=C\CCC(=O)OCC(COC1OC(C(=O)O)C(O)C(O)C1OC(=O)CCC/C=C\C/C=C\C/C=C\C/C=C\C/C=C\CC)OC(=O)CCCCC/C=C\C/C=C\C/C=C\C/C=C\C/C=C\CC. The number of aliphatic hydroxyl groups excluding tert-OH is 2. The van der Waals surface area contributed by atoms with Gasteiger partial charge in [-0.1, -0.05) is 222 Å². The van der Waals surface area contributed by atoms with Gasteiger partial charge in [0, 0.05) is 19.3 Å². The summed E-state index contributed by atoms with van der Waals surface area (Å²) in [5.74, 6) is -3.39. The van der Waals surface area contributed by atoms with Crippen molar-refractivity contribution in [1.82, 2.24) is 0 Å². The molecule has 0 saturated carbocycles. The number of rotatable bonds is 50. The average molecular weight is 1180 g/mol. The zero-order valence-electron chi connectivity index (χ0n) is 51.8. The van der Waals surface area contributed by atoms with Crippen LogP contribution in [0.15, 0.2) is 194 Å². The van der Waals surface area contributed by atoms with Gasteiger partial charge in [-0.25, -0.2) is 4.79 Å². The monoisotopic (exact) mass is 1170 g/mol. The molecule has 470 valence electrons. The first-order valence-electron chi connectivity index (χ1n) is 31.4. The van der Waals surface area contributed by atoms with Crippen molar-refractivity contribution in [2.75, 3.05) is 13.2 Å². The Kier molecular flexibility index (Phi) is 52.2. The van der Waals surface area contributed by atoms with Gasteiger partial charge in [-0.15, -0.1) is 0 Å². The Morgan fingerprint density at radius 2 is 0.741 bits per heavy atom. The van der Waals surface area contributed by atoms with Crippen LogP contribution in [0.2, 0.25) is 0 Å². The van der Waals surface area contributed by atoms with Gasteiger partial charge in [-0.3, -0.25) is 14.4 Å². The largest absolute Gasteiger partial charge is 0.479 e. The van der Waals surface area contributed by atoms with Crippen LogP contribution in [0, 0.1) is 0 Å². The Morgan fingerprint density at radius 1 is 0.388 bits per heavy atom. The molecule has 85 heavy (non-hydrogen) atoms. The minimum atomic E-state index is -1.95. The highest BCUT2D eigenvalue weighted by molar-refractivity contribution is 5.74. The number of carbonyl (C=O) groups is 4. The quantitative estimate of drug-likeness (QED) is 0.0228. The minimum Gasteiger partial charge on any atom is -0.479 e. The second-order valence-corrected chi connectivity index (χ2v) is 20.2. The number of aliphatic hydroxyl groups is 2. The van der Waals surface area contributed by atoms with Crippen molar-refractivity contribution < 1.29 is 58.2 Å². The van der Waals surface area contributed by atoms with Crippen LogP contribution in [0.1, 0.15) is 188 Å². The highest BCUT2D eigenvalue weighted by atomic mass is 16.7. The second kappa shape index (κ2) is 58.0. The summed E-state index contributed by atoms with van der Waals surface area (Å²) in [6.07, 6.45) is 76.9. The summed E-state index contributed by atoms with van der Waals surface area (Å²) in [6, 6.07) is 0. The molecule has 6 unspecified atom stereocenters. The zero-order valence-corrected chi connectivity index (χ0v) is 51.8. The highest BCUT2D eigenvalue weighted by Gasteiger charge is 2.50. The van der Waals surface area contributed by atoms with Crippen LogP contribution in [0.25, 0.3) is 0 Å². The molecule has 0 aliphatic carbocycles. The predicted octanol–water partition coefficient (Wildman–Crippen LogP) is 17.0. The minimum absolute atomic E-state index is 0.0419. The van der Waals surface area contributed by atoms with Crippen molar-refractivity contribution in [3.63, 3.8) is 0 Å². The van der Waals surface area contributed by atoms with Crippen molar-refractivity contribution in [2.24, 2.45) is 0 Å². The molecule has 1 heterocycles. The van der Waals surface area contributed by atoms with E-state index < -0.39 is 67.3 Å². The van der Waals surface area contributed by atoms with E-state index in [0.29, 0.717) is 32.1 Å². The molecule has 0 amide bonds. The summed E-state index contributed by atoms with van der Waals surface area (Å²) in [5, 5.41) is 31.6. The van der Waals surface area contributed by atoms with Crippen LogP contribution in [-0.4, -0.2) is 89.2 Å². The molecule has 1 rings (SSSR count). The van der Waals surface area contributed by atoms with Crippen LogP contribution in [0.5, 0.6) is 0 Å². The molecule has 1 saturated heterocycles. The van der Waals surface area contributed by atoms with Crippen LogP contribution in [0.4, 0.5) is 0 Å². The lowest BCUT2D eigenvalue weighted by Crippen LogP contribution is -2.61. The summed E-state index contributed by atoms with van der Waals surface area (Å²) < 4.78 is 28.3. The normalized spacial score (nSPS) is 18.8. The number of carboxylic acid groups (broad SMARTS) is 1. The summed E-state index contributed by atoms with van der Waals surface area (Å²) in [7, 11) is 0. The third kappa shape index (κ3) is 47.5. The molecule has 1 aliphatic heterocycles. The van der Waals surface area contributed by atoms with Crippen molar-refractivity contribution in [3.05, 3.63) is 194 Å². The maximum absolute atomic E-state index is 13.2. The topological polar surface area (TPSA) is 175 Å².